The number of piperidine rings is 1. The molecule has 5 nitrogen and oxygen atoms in total. The van der Waals surface area contributed by atoms with Crippen molar-refractivity contribution < 1.29 is 14.0 Å². The first-order chi connectivity index (χ1) is 13.4. The lowest BCUT2D eigenvalue weighted by Gasteiger charge is -2.34. The van der Waals surface area contributed by atoms with Gasteiger partial charge in [0.05, 0.1) is 5.92 Å². The number of halogens is 1. The molecule has 0 N–H and O–H groups in total. The SMILES string of the molecule is CC(C)C(=O)N1CCCN(C(=O)C2CCCN(Cc3cccc(F)c3)C2)CC1. The fourth-order valence-corrected chi connectivity index (χ4v) is 4.28. The van der Waals surface area contributed by atoms with Crippen LogP contribution in [0.3, 0.4) is 0 Å². The Labute approximate surface area is 167 Å². The topological polar surface area (TPSA) is 43.9 Å². The van der Waals surface area contributed by atoms with Gasteiger partial charge in [-0.05, 0) is 43.5 Å². The summed E-state index contributed by atoms with van der Waals surface area (Å²) in [7, 11) is 0. The van der Waals surface area contributed by atoms with E-state index in [-0.39, 0.29) is 29.5 Å². The van der Waals surface area contributed by atoms with Crippen molar-refractivity contribution in [3.05, 3.63) is 35.6 Å². The van der Waals surface area contributed by atoms with Gasteiger partial charge >= 0.3 is 0 Å². The van der Waals surface area contributed by atoms with Gasteiger partial charge in [0, 0.05) is 45.2 Å². The number of hydrogen-bond acceptors (Lipinski definition) is 3. The molecule has 1 atom stereocenters. The third kappa shape index (κ3) is 5.31. The van der Waals surface area contributed by atoms with Crippen LogP contribution in [0.1, 0.15) is 38.7 Å². The van der Waals surface area contributed by atoms with Crippen LogP contribution < -0.4 is 0 Å². The summed E-state index contributed by atoms with van der Waals surface area (Å²) in [6.45, 7) is 8.89. The fraction of sp³-hybridized carbons (Fsp3) is 0.636. The highest BCUT2D eigenvalue weighted by Gasteiger charge is 2.31. The van der Waals surface area contributed by atoms with Crippen LogP contribution in [-0.2, 0) is 16.1 Å². The lowest BCUT2D eigenvalue weighted by atomic mass is 9.96. The molecule has 28 heavy (non-hydrogen) atoms. The predicted octanol–water partition coefficient (Wildman–Crippen LogP) is 2.75. The van der Waals surface area contributed by atoms with E-state index in [1.165, 1.54) is 6.07 Å². The predicted molar refractivity (Wildman–Crippen MR) is 107 cm³/mol. The number of carbonyl (C=O) groups is 2. The minimum atomic E-state index is -0.216. The molecule has 2 aliphatic heterocycles. The van der Waals surface area contributed by atoms with Crippen LogP contribution in [0.25, 0.3) is 0 Å². The second-order valence-electron chi connectivity index (χ2n) is 8.36. The van der Waals surface area contributed by atoms with Crippen molar-refractivity contribution in [3.8, 4) is 0 Å². The Morgan fingerprint density at radius 2 is 1.82 bits per heavy atom. The van der Waals surface area contributed by atoms with E-state index in [0.29, 0.717) is 19.6 Å². The van der Waals surface area contributed by atoms with Gasteiger partial charge < -0.3 is 9.80 Å². The molecule has 154 valence electrons. The van der Waals surface area contributed by atoms with Crippen LogP contribution in [0.5, 0.6) is 0 Å². The summed E-state index contributed by atoms with van der Waals surface area (Å²) >= 11 is 0. The summed E-state index contributed by atoms with van der Waals surface area (Å²) in [5.74, 6) is 0.162. The number of likely N-dealkylation sites (tertiary alicyclic amines) is 1. The van der Waals surface area contributed by atoms with E-state index in [1.807, 2.05) is 29.7 Å². The van der Waals surface area contributed by atoms with Gasteiger partial charge in [-0.1, -0.05) is 26.0 Å². The molecule has 2 heterocycles. The summed E-state index contributed by atoms with van der Waals surface area (Å²) in [6.07, 6.45) is 2.73. The lowest BCUT2D eigenvalue weighted by Crippen LogP contribution is -2.46. The Morgan fingerprint density at radius 1 is 1.07 bits per heavy atom. The molecule has 0 bridgehead atoms. The summed E-state index contributed by atoms with van der Waals surface area (Å²) in [4.78, 5) is 31.5. The molecule has 2 aliphatic rings. The van der Waals surface area contributed by atoms with Gasteiger partial charge in [0.1, 0.15) is 5.82 Å². The van der Waals surface area contributed by atoms with Gasteiger partial charge in [0.15, 0.2) is 0 Å². The number of carbonyl (C=O) groups excluding carboxylic acids is 2. The average molecular weight is 390 g/mol. The van der Waals surface area contributed by atoms with Crippen molar-refractivity contribution in [2.24, 2.45) is 11.8 Å². The van der Waals surface area contributed by atoms with Gasteiger partial charge in [-0.15, -0.1) is 0 Å². The highest BCUT2D eigenvalue weighted by atomic mass is 19.1. The molecule has 3 rings (SSSR count). The van der Waals surface area contributed by atoms with Gasteiger partial charge in [0.2, 0.25) is 11.8 Å². The van der Waals surface area contributed by atoms with Crippen LogP contribution in [0.15, 0.2) is 24.3 Å². The number of benzene rings is 1. The van der Waals surface area contributed by atoms with E-state index in [4.69, 9.17) is 0 Å². The fourth-order valence-electron chi connectivity index (χ4n) is 4.28. The Morgan fingerprint density at radius 3 is 2.57 bits per heavy atom. The molecule has 1 aromatic carbocycles. The smallest absolute Gasteiger partial charge is 0.227 e. The molecule has 0 aromatic heterocycles. The van der Waals surface area contributed by atoms with Crippen LogP contribution in [0.4, 0.5) is 4.39 Å². The zero-order chi connectivity index (χ0) is 20.1. The number of nitrogens with zero attached hydrogens (tertiary/aromatic N) is 3. The van der Waals surface area contributed by atoms with E-state index in [0.717, 1.165) is 51.0 Å². The molecule has 2 saturated heterocycles. The quantitative estimate of drug-likeness (QED) is 0.795. The second kappa shape index (κ2) is 9.50. The zero-order valence-corrected chi connectivity index (χ0v) is 17.1. The first kappa shape index (κ1) is 20.8. The van der Waals surface area contributed by atoms with Crippen molar-refractivity contribution >= 4 is 11.8 Å². The molecule has 0 spiro atoms. The van der Waals surface area contributed by atoms with Crippen molar-refractivity contribution in [1.29, 1.82) is 0 Å². The highest BCUT2D eigenvalue weighted by molar-refractivity contribution is 5.80. The van der Waals surface area contributed by atoms with Crippen LogP contribution in [-0.4, -0.2) is 65.8 Å². The second-order valence-corrected chi connectivity index (χ2v) is 8.36. The van der Waals surface area contributed by atoms with E-state index in [9.17, 15) is 14.0 Å². The molecule has 0 radical (unpaired) electrons. The number of rotatable bonds is 4. The van der Waals surface area contributed by atoms with Crippen LogP contribution in [0.2, 0.25) is 0 Å². The molecule has 0 aliphatic carbocycles. The minimum absolute atomic E-state index is 0.00280. The molecule has 2 amide bonds. The highest BCUT2D eigenvalue weighted by Crippen LogP contribution is 2.22. The molecular weight excluding hydrogens is 357 g/mol. The first-order valence-corrected chi connectivity index (χ1v) is 10.5. The monoisotopic (exact) mass is 389 g/mol. The van der Waals surface area contributed by atoms with Crippen molar-refractivity contribution in [2.75, 3.05) is 39.3 Å². The molecule has 1 unspecified atom stereocenters. The van der Waals surface area contributed by atoms with Gasteiger partial charge in [-0.3, -0.25) is 14.5 Å². The third-order valence-corrected chi connectivity index (χ3v) is 5.76. The Kier molecular flexibility index (Phi) is 7.05. The van der Waals surface area contributed by atoms with Gasteiger partial charge in [-0.2, -0.15) is 0 Å². The third-order valence-electron chi connectivity index (χ3n) is 5.76. The zero-order valence-electron chi connectivity index (χ0n) is 17.1. The summed E-state index contributed by atoms with van der Waals surface area (Å²) in [5.41, 5.74) is 0.950. The average Bonchev–Trinajstić information content (AvgIpc) is 2.93. The normalized spacial score (nSPS) is 21.6. The molecule has 6 heteroatoms. The lowest BCUT2D eigenvalue weighted by molar-refractivity contribution is -0.138. The Bertz CT molecular complexity index is 694. The Hall–Kier alpha value is -1.95. The molecule has 0 saturated carbocycles. The van der Waals surface area contributed by atoms with Crippen LogP contribution >= 0.6 is 0 Å². The summed E-state index contributed by atoms with van der Waals surface area (Å²) in [5, 5.41) is 0. The Balaban J connectivity index is 1.55. The van der Waals surface area contributed by atoms with E-state index in [2.05, 4.69) is 4.90 Å². The summed E-state index contributed by atoms with van der Waals surface area (Å²) < 4.78 is 13.4. The van der Waals surface area contributed by atoms with E-state index >= 15 is 0 Å². The molecule has 2 fully saturated rings. The standard InChI is InChI=1S/C22H32FN3O2/c1-17(2)21(27)25-10-5-11-26(13-12-25)22(28)19-7-4-9-24(16-19)15-18-6-3-8-20(23)14-18/h3,6,8,14,17,19H,4-5,7,9-13,15-16H2,1-2H3. The van der Waals surface area contributed by atoms with Crippen molar-refractivity contribution in [3.63, 3.8) is 0 Å². The van der Waals surface area contributed by atoms with E-state index < -0.39 is 0 Å². The van der Waals surface area contributed by atoms with Crippen molar-refractivity contribution in [1.82, 2.24) is 14.7 Å². The first-order valence-electron chi connectivity index (χ1n) is 10.5. The maximum atomic E-state index is 13.4. The molecule has 1 aromatic rings. The maximum absolute atomic E-state index is 13.4. The summed E-state index contributed by atoms with van der Waals surface area (Å²) in [6, 6.07) is 6.70. The number of hydrogen-bond donors (Lipinski definition) is 0. The van der Waals surface area contributed by atoms with E-state index in [1.54, 1.807) is 12.1 Å². The van der Waals surface area contributed by atoms with Gasteiger partial charge in [-0.25, -0.2) is 4.39 Å². The van der Waals surface area contributed by atoms with Gasteiger partial charge in [0.25, 0.3) is 0 Å². The largest absolute Gasteiger partial charge is 0.341 e. The molecular formula is C22H32FN3O2. The van der Waals surface area contributed by atoms with Crippen molar-refractivity contribution in [2.45, 2.75) is 39.7 Å². The van der Waals surface area contributed by atoms with Crippen LogP contribution in [0, 0.1) is 17.7 Å². The number of amides is 2. The minimum Gasteiger partial charge on any atom is -0.341 e. The maximum Gasteiger partial charge on any atom is 0.227 e.